The number of carbonyl (C=O) groups is 5. The average Bonchev–Trinajstić information content (AvgIpc) is 3.51. The Bertz CT molecular complexity index is 2290. The minimum atomic E-state index is -1.67. The van der Waals surface area contributed by atoms with Gasteiger partial charge in [0.15, 0.2) is 0 Å². The SMILES string of the molecule is Cc1cccc(C2C3=CCC4C(=O)N(c5ccc(C(=O)O)c(O)c5)C(=O)C4C3CC3C(=O)N(Nc4ccc(F)cc4)C(=O)C32c2ccc(Cl)cc2)c1O. The van der Waals surface area contributed by atoms with E-state index in [1.54, 1.807) is 49.4 Å². The van der Waals surface area contributed by atoms with Crippen LogP contribution in [0.25, 0.3) is 0 Å². The second kappa shape index (κ2) is 12.3. The Labute approximate surface area is 306 Å². The van der Waals surface area contributed by atoms with E-state index in [1.807, 2.05) is 6.08 Å². The van der Waals surface area contributed by atoms with Crippen LogP contribution in [0.1, 0.15) is 45.8 Å². The number of nitrogens with one attached hydrogen (secondary N) is 1. The van der Waals surface area contributed by atoms with Crippen molar-refractivity contribution in [1.29, 1.82) is 0 Å². The quantitative estimate of drug-likeness (QED) is 0.136. The Kier molecular flexibility index (Phi) is 7.91. The number of benzene rings is 4. The number of allylic oxidation sites excluding steroid dienone is 2. The summed E-state index contributed by atoms with van der Waals surface area (Å²) in [6.45, 7) is 1.71. The van der Waals surface area contributed by atoms with Gasteiger partial charge in [-0.25, -0.2) is 14.1 Å². The number of phenolic OH excluding ortho intramolecular Hbond substituents is 1. The molecule has 13 heteroatoms. The van der Waals surface area contributed by atoms with Crippen molar-refractivity contribution < 1.29 is 43.7 Å². The topological polar surface area (TPSA) is 165 Å². The molecule has 0 spiro atoms. The average molecular weight is 736 g/mol. The van der Waals surface area contributed by atoms with E-state index >= 15 is 4.79 Å². The third-order valence-electron chi connectivity index (χ3n) is 11.3. The maximum atomic E-state index is 15.2. The first kappa shape index (κ1) is 34.1. The molecule has 53 heavy (non-hydrogen) atoms. The highest BCUT2D eigenvalue weighted by atomic mass is 35.5. The van der Waals surface area contributed by atoms with Crippen molar-refractivity contribution in [2.75, 3.05) is 10.3 Å². The number of fused-ring (bicyclic) bond motifs is 4. The third kappa shape index (κ3) is 4.96. The van der Waals surface area contributed by atoms with Gasteiger partial charge in [-0.2, -0.15) is 5.01 Å². The van der Waals surface area contributed by atoms with Crippen molar-refractivity contribution in [3.63, 3.8) is 0 Å². The monoisotopic (exact) mass is 735 g/mol. The highest BCUT2D eigenvalue weighted by Crippen LogP contribution is 2.65. The van der Waals surface area contributed by atoms with Crippen LogP contribution >= 0.6 is 11.6 Å². The second-order valence-electron chi connectivity index (χ2n) is 13.9. The van der Waals surface area contributed by atoms with Crippen molar-refractivity contribution in [3.8, 4) is 11.5 Å². The molecule has 2 aliphatic carbocycles. The maximum Gasteiger partial charge on any atom is 0.339 e. The number of carbonyl (C=O) groups excluding carboxylic acids is 4. The van der Waals surface area contributed by atoms with Gasteiger partial charge in [-0.15, -0.1) is 0 Å². The van der Waals surface area contributed by atoms with E-state index in [0.717, 1.165) is 22.0 Å². The molecular formula is C40H31ClFN3O8. The van der Waals surface area contributed by atoms with Crippen LogP contribution in [0.2, 0.25) is 5.02 Å². The number of aromatic hydroxyl groups is 2. The molecule has 6 unspecified atom stereocenters. The number of nitrogens with zero attached hydrogens (tertiary/aromatic N) is 2. The third-order valence-corrected chi connectivity index (χ3v) is 11.6. The van der Waals surface area contributed by atoms with E-state index in [2.05, 4.69) is 5.43 Å². The summed E-state index contributed by atoms with van der Waals surface area (Å²) in [7, 11) is 0. The number of hydrogen-bond donors (Lipinski definition) is 4. The molecule has 4 aromatic rings. The predicted octanol–water partition coefficient (Wildman–Crippen LogP) is 6.09. The smallest absolute Gasteiger partial charge is 0.339 e. The molecule has 8 rings (SSSR count). The number of phenols is 2. The van der Waals surface area contributed by atoms with Gasteiger partial charge in [0.2, 0.25) is 11.8 Å². The fourth-order valence-corrected chi connectivity index (χ4v) is 9.13. The molecule has 6 atom stereocenters. The molecule has 3 fully saturated rings. The molecule has 268 valence electrons. The molecule has 2 saturated heterocycles. The molecular weight excluding hydrogens is 705 g/mol. The van der Waals surface area contributed by atoms with E-state index in [0.29, 0.717) is 27.3 Å². The van der Waals surface area contributed by atoms with E-state index in [4.69, 9.17) is 11.6 Å². The van der Waals surface area contributed by atoms with Gasteiger partial charge in [-0.3, -0.25) is 24.6 Å². The van der Waals surface area contributed by atoms with Crippen LogP contribution in [0.4, 0.5) is 15.8 Å². The summed E-state index contributed by atoms with van der Waals surface area (Å²) in [6.07, 6.45) is 1.90. The molecule has 2 aliphatic heterocycles. The molecule has 11 nitrogen and oxygen atoms in total. The Morgan fingerprint density at radius 1 is 0.906 bits per heavy atom. The normalized spacial score (nSPS) is 26.2. The molecule has 4 aliphatic rings. The Morgan fingerprint density at radius 2 is 1.62 bits per heavy atom. The number of halogens is 2. The summed E-state index contributed by atoms with van der Waals surface area (Å²) >= 11 is 6.33. The van der Waals surface area contributed by atoms with E-state index in [-0.39, 0.29) is 30.0 Å². The highest BCUT2D eigenvalue weighted by molar-refractivity contribution is 6.30. The van der Waals surface area contributed by atoms with E-state index in [9.17, 15) is 38.9 Å². The first-order chi connectivity index (χ1) is 25.3. The minimum Gasteiger partial charge on any atom is -0.507 e. The molecule has 4 amide bonds. The fourth-order valence-electron chi connectivity index (χ4n) is 9.01. The number of aryl methyl sites for hydroxylation is 1. The van der Waals surface area contributed by atoms with Gasteiger partial charge < -0.3 is 15.3 Å². The van der Waals surface area contributed by atoms with Gasteiger partial charge in [0, 0.05) is 22.6 Å². The zero-order chi connectivity index (χ0) is 37.5. The lowest BCUT2D eigenvalue weighted by atomic mass is 9.49. The summed E-state index contributed by atoms with van der Waals surface area (Å²) < 4.78 is 13.9. The number of rotatable bonds is 6. The molecule has 4 N–H and O–H groups in total. The summed E-state index contributed by atoms with van der Waals surface area (Å²) in [5.74, 6) is -9.70. The van der Waals surface area contributed by atoms with Crippen molar-refractivity contribution in [2.45, 2.75) is 31.1 Å². The Hall–Kier alpha value is -6.01. The van der Waals surface area contributed by atoms with Gasteiger partial charge in [-0.05, 0) is 85.3 Å². The first-order valence-corrected chi connectivity index (χ1v) is 17.3. The molecule has 0 bridgehead atoms. The predicted molar refractivity (Wildman–Crippen MR) is 189 cm³/mol. The van der Waals surface area contributed by atoms with Crippen LogP contribution < -0.4 is 10.3 Å². The number of amides is 4. The van der Waals surface area contributed by atoms with E-state index < -0.39 is 81.7 Å². The molecule has 1 saturated carbocycles. The number of carboxylic acid groups (broad SMARTS) is 1. The molecule has 0 aromatic heterocycles. The summed E-state index contributed by atoms with van der Waals surface area (Å²) in [6, 6.07) is 20.3. The lowest BCUT2D eigenvalue weighted by molar-refractivity contribution is -0.138. The summed E-state index contributed by atoms with van der Waals surface area (Å²) in [5.41, 5.74) is 3.01. The standard InChI is InChI=1S/C40H31ClFN3O8/c1-19-3-2-4-28(34(19)47)33-25-15-16-27-32(37(50)44(35(27)48)24-13-14-26(38(51)52)31(46)17-24)29(25)18-30-36(49)45(43-23-11-9-22(42)10-12-23)39(53)40(30,33)20-5-7-21(41)8-6-20/h2-15,17,27,29-30,32-33,43,46-47H,16,18H2,1H3,(H,51,52). The van der Waals surface area contributed by atoms with Gasteiger partial charge in [0.25, 0.3) is 11.8 Å². The molecule has 0 radical (unpaired) electrons. The number of imide groups is 2. The van der Waals surface area contributed by atoms with Crippen molar-refractivity contribution in [2.24, 2.45) is 23.7 Å². The second-order valence-corrected chi connectivity index (χ2v) is 14.3. The number of carboxylic acids is 1. The van der Waals surface area contributed by atoms with Gasteiger partial charge >= 0.3 is 5.97 Å². The number of para-hydroxylation sites is 1. The highest BCUT2D eigenvalue weighted by Gasteiger charge is 2.70. The fraction of sp³-hybridized carbons (Fsp3) is 0.225. The number of hydrogen-bond acceptors (Lipinski definition) is 8. The van der Waals surface area contributed by atoms with Crippen LogP contribution in [0.15, 0.2) is 96.6 Å². The Balaban J connectivity index is 1.31. The zero-order valence-electron chi connectivity index (χ0n) is 28.0. The van der Waals surface area contributed by atoms with Crippen molar-refractivity contribution in [3.05, 3.63) is 130 Å². The largest absolute Gasteiger partial charge is 0.507 e. The van der Waals surface area contributed by atoms with Crippen LogP contribution in [0.3, 0.4) is 0 Å². The maximum absolute atomic E-state index is 15.2. The lowest BCUT2D eigenvalue weighted by Gasteiger charge is -2.50. The number of aromatic carboxylic acids is 1. The number of anilines is 2. The molecule has 2 heterocycles. The van der Waals surface area contributed by atoms with Gasteiger partial charge in [-0.1, -0.05) is 53.6 Å². The summed E-state index contributed by atoms with van der Waals surface area (Å²) in [4.78, 5) is 70.9. The van der Waals surface area contributed by atoms with Gasteiger partial charge in [0.1, 0.15) is 22.9 Å². The van der Waals surface area contributed by atoms with Crippen LogP contribution in [-0.4, -0.2) is 49.9 Å². The van der Waals surface area contributed by atoms with Gasteiger partial charge in [0.05, 0.1) is 34.5 Å². The molecule has 4 aromatic carbocycles. The summed E-state index contributed by atoms with van der Waals surface area (Å²) in [5, 5.41) is 32.9. The van der Waals surface area contributed by atoms with E-state index in [1.165, 1.54) is 30.3 Å². The van der Waals surface area contributed by atoms with Crippen molar-refractivity contribution in [1.82, 2.24) is 5.01 Å². The van der Waals surface area contributed by atoms with Crippen LogP contribution in [0, 0.1) is 36.4 Å². The minimum absolute atomic E-state index is 0.000516. The number of hydrazine groups is 1. The lowest BCUT2D eigenvalue weighted by Crippen LogP contribution is -2.53. The zero-order valence-corrected chi connectivity index (χ0v) is 28.8. The van der Waals surface area contributed by atoms with Crippen LogP contribution in [0.5, 0.6) is 11.5 Å². The first-order valence-electron chi connectivity index (χ1n) is 16.9. The van der Waals surface area contributed by atoms with Crippen molar-refractivity contribution >= 4 is 52.6 Å². The Morgan fingerprint density at radius 3 is 2.30 bits per heavy atom. The van der Waals surface area contributed by atoms with Crippen LogP contribution in [-0.2, 0) is 24.6 Å².